The number of Topliss-reactive ketones (excluding diaryl/α,β-unsaturated/α-hetero) is 1. The first kappa shape index (κ1) is 14.2. The fourth-order valence-electron chi connectivity index (χ4n) is 1.83. The molecular weight excluding hydrogens is 353 g/mol. The average molecular weight is 369 g/mol. The van der Waals surface area contributed by atoms with Crippen LogP contribution < -0.4 is 0 Å². The molecule has 0 bridgehead atoms. The van der Waals surface area contributed by atoms with Gasteiger partial charge >= 0.3 is 0 Å². The Hall–Kier alpha value is -1.24. The van der Waals surface area contributed by atoms with Gasteiger partial charge < -0.3 is 0 Å². The molecule has 0 unspecified atom stereocenters. The molecule has 0 saturated heterocycles. The fourth-order valence-corrected chi connectivity index (χ4v) is 2.37. The molecule has 1 aromatic heterocycles. The maximum atomic E-state index is 12.2. The van der Waals surface area contributed by atoms with E-state index in [0.717, 1.165) is 21.5 Å². The molecule has 0 aliphatic carbocycles. The molecule has 0 N–H and O–H groups in total. The number of carbonyl (C=O) groups is 1. The number of hydrogen-bond acceptors (Lipinski definition) is 3. The summed E-state index contributed by atoms with van der Waals surface area (Å²) in [5.74, 6) is 1.29. The van der Waals surface area contributed by atoms with E-state index in [0.29, 0.717) is 12.3 Å². The Labute approximate surface area is 126 Å². The van der Waals surface area contributed by atoms with Gasteiger partial charge in [0.2, 0.25) is 0 Å². The zero-order chi connectivity index (χ0) is 13.8. The Morgan fingerprint density at radius 2 is 2.21 bits per heavy atom. The van der Waals surface area contributed by atoms with Crippen molar-refractivity contribution in [1.82, 2.24) is 14.8 Å². The highest BCUT2D eigenvalue weighted by molar-refractivity contribution is 14.1. The van der Waals surface area contributed by atoms with Crippen molar-refractivity contribution in [3.63, 3.8) is 0 Å². The van der Waals surface area contributed by atoms with Gasteiger partial charge in [0.15, 0.2) is 5.78 Å². The molecule has 0 aliphatic heterocycles. The number of halogens is 1. The maximum absolute atomic E-state index is 12.2. The minimum Gasteiger partial charge on any atom is -0.294 e. The normalized spacial score (nSPS) is 10.9. The Morgan fingerprint density at radius 3 is 2.89 bits per heavy atom. The van der Waals surface area contributed by atoms with Gasteiger partial charge in [0.05, 0.1) is 6.42 Å². The molecule has 0 spiro atoms. The average Bonchev–Trinajstić information content (AvgIpc) is 2.75. The smallest absolute Gasteiger partial charge is 0.170 e. The van der Waals surface area contributed by atoms with Crippen LogP contribution in [0.5, 0.6) is 0 Å². The summed E-state index contributed by atoms with van der Waals surface area (Å²) in [6.45, 7) is 5.02. The second-order valence-corrected chi connectivity index (χ2v) is 6.11. The van der Waals surface area contributed by atoms with E-state index in [1.54, 1.807) is 0 Å². The molecule has 1 aromatic carbocycles. The second-order valence-electron chi connectivity index (χ2n) is 4.86. The van der Waals surface area contributed by atoms with Gasteiger partial charge in [0.25, 0.3) is 0 Å². The predicted octanol–water partition coefficient (Wildman–Crippen LogP) is 2.96. The number of hydrogen-bond donors (Lipinski definition) is 0. The monoisotopic (exact) mass is 369 g/mol. The summed E-state index contributed by atoms with van der Waals surface area (Å²) in [6, 6.07) is 7.60. The van der Waals surface area contributed by atoms with Crippen molar-refractivity contribution >= 4 is 28.4 Å². The molecule has 2 aromatic rings. The van der Waals surface area contributed by atoms with E-state index in [2.05, 4.69) is 46.5 Å². The van der Waals surface area contributed by atoms with Crippen molar-refractivity contribution in [2.24, 2.45) is 5.92 Å². The number of rotatable bonds is 5. The van der Waals surface area contributed by atoms with Crippen LogP contribution in [0.3, 0.4) is 0 Å². The van der Waals surface area contributed by atoms with E-state index >= 15 is 0 Å². The molecule has 5 heteroatoms. The van der Waals surface area contributed by atoms with Gasteiger partial charge in [-0.15, -0.1) is 0 Å². The molecule has 100 valence electrons. The highest BCUT2D eigenvalue weighted by Gasteiger charge is 2.13. The Kier molecular flexibility index (Phi) is 4.68. The van der Waals surface area contributed by atoms with Crippen LogP contribution in [0.1, 0.15) is 30.0 Å². The van der Waals surface area contributed by atoms with Gasteiger partial charge in [-0.2, -0.15) is 5.10 Å². The number of carbonyl (C=O) groups excluding carboxylic acids is 1. The molecule has 0 atom stereocenters. The zero-order valence-electron chi connectivity index (χ0n) is 11.0. The van der Waals surface area contributed by atoms with Gasteiger partial charge in [-0.3, -0.25) is 4.79 Å². The summed E-state index contributed by atoms with van der Waals surface area (Å²) >= 11 is 2.21. The molecule has 0 radical (unpaired) electrons. The summed E-state index contributed by atoms with van der Waals surface area (Å²) in [5.41, 5.74) is 0.728. The Bertz CT molecular complexity index is 578. The van der Waals surface area contributed by atoms with Crippen molar-refractivity contribution in [3.8, 4) is 0 Å². The van der Waals surface area contributed by atoms with Gasteiger partial charge in [-0.25, -0.2) is 9.67 Å². The van der Waals surface area contributed by atoms with Crippen LogP contribution in [0.2, 0.25) is 0 Å². The van der Waals surface area contributed by atoms with Gasteiger partial charge in [-0.05, 0) is 40.6 Å². The van der Waals surface area contributed by atoms with Crippen LogP contribution in [0.25, 0.3) is 0 Å². The molecule has 2 rings (SSSR count). The topological polar surface area (TPSA) is 47.8 Å². The maximum Gasteiger partial charge on any atom is 0.170 e. The molecule has 0 aliphatic rings. The third-order valence-corrected chi connectivity index (χ3v) is 3.37. The number of benzene rings is 1. The summed E-state index contributed by atoms with van der Waals surface area (Å²) in [4.78, 5) is 16.4. The van der Waals surface area contributed by atoms with Crippen LogP contribution in [0, 0.1) is 9.49 Å². The van der Waals surface area contributed by atoms with Gasteiger partial charge in [-0.1, -0.05) is 26.0 Å². The summed E-state index contributed by atoms with van der Waals surface area (Å²) in [6.07, 6.45) is 1.81. The van der Waals surface area contributed by atoms with Crippen LogP contribution in [-0.2, 0) is 13.0 Å². The minimum absolute atomic E-state index is 0.0801. The van der Waals surface area contributed by atoms with Crippen LogP contribution in [0.4, 0.5) is 0 Å². The molecule has 4 nitrogen and oxygen atoms in total. The number of ketones is 1. The van der Waals surface area contributed by atoms with Gasteiger partial charge in [0.1, 0.15) is 12.2 Å². The van der Waals surface area contributed by atoms with E-state index in [4.69, 9.17) is 0 Å². The highest BCUT2D eigenvalue weighted by atomic mass is 127. The zero-order valence-corrected chi connectivity index (χ0v) is 13.2. The van der Waals surface area contributed by atoms with Crippen molar-refractivity contribution in [3.05, 3.63) is 45.6 Å². The van der Waals surface area contributed by atoms with Crippen molar-refractivity contribution < 1.29 is 4.79 Å². The number of aromatic nitrogens is 3. The van der Waals surface area contributed by atoms with Crippen molar-refractivity contribution in [2.45, 2.75) is 26.8 Å². The third-order valence-electron chi connectivity index (χ3n) is 2.70. The van der Waals surface area contributed by atoms with Crippen molar-refractivity contribution in [2.75, 3.05) is 0 Å². The van der Waals surface area contributed by atoms with Gasteiger partial charge in [0, 0.05) is 15.7 Å². The standard InChI is InChI=1S/C14H16IN3O/c1-10(2)8-18-14(16-9-17-18)7-13(19)11-4-3-5-12(15)6-11/h3-6,9-10H,7-8H2,1-2H3. The third kappa shape index (κ3) is 3.86. The minimum atomic E-state index is 0.0801. The molecule has 0 amide bonds. The lowest BCUT2D eigenvalue weighted by molar-refractivity contribution is 0.0989. The summed E-state index contributed by atoms with van der Waals surface area (Å²) in [7, 11) is 0. The lowest BCUT2D eigenvalue weighted by Gasteiger charge is -2.08. The molecule has 0 fully saturated rings. The molecule has 19 heavy (non-hydrogen) atoms. The van der Waals surface area contributed by atoms with E-state index in [9.17, 15) is 4.79 Å². The lowest BCUT2D eigenvalue weighted by atomic mass is 10.1. The van der Waals surface area contributed by atoms with E-state index in [1.165, 1.54) is 6.33 Å². The predicted molar refractivity (Wildman–Crippen MR) is 82.1 cm³/mol. The van der Waals surface area contributed by atoms with Crippen molar-refractivity contribution in [1.29, 1.82) is 0 Å². The van der Waals surface area contributed by atoms with E-state index in [1.807, 2.05) is 28.9 Å². The first-order valence-electron chi connectivity index (χ1n) is 6.21. The fraction of sp³-hybridized carbons (Fsp3) is 0.357. The quantitative estimate of drug-likeness (QED) is 0.602. The molecule has 1 heterocycles. The first-order chi connectivity index (χ1) is 9.06. The SMILES string of the molecule is CC(C)Cn1ncnc1CC(=O)c1cccc(I)c1. The Balaban J connectivity index is 2.13. The second kappa shape index (κ2) is 6.27. The first-order valence-corrected chi connectivity index (χ1v) is 7.29. The lowest BCUT2D eigenvalue weighted by Crippen LogP contribution is -2.14. The molecule has 0 saturated carbocycles. The van der Waals surface area contributed by atoms with Crippen LogP contribution >= 0.6 is 22.6 Å². The number of nitrogens with zero attached hydrogens (tertiary/aromatic N) is 3. The largest absolute Gasteiger partial charge is 0.294 e. The summed E-state index contributed by atoms with van der Waals surface area (Å²) < 4.78 is 2.88. The van der Waals surface area contributed by atoms with Crippen LogP contribution in [-0.4, -0.2) is 20.5 Å². The Morgan fingerprint density at radius 1 is 1.42 bits per heavy atom. The summed E-state index contributed by atoms with van der Waals surface area (Å²) in [5, 5.41) is 4.17. The highest BCUT2D eigenvalue weighted by Crippen LogP contribution is 2.11. The molecular formula is C14H16IN3O. The van der Waals surface area contributed by atoms with Crippen LogP contribution in [0.15, 0.2) is 30.6 Å². The van der Waals surface area contributed by atoms with E-state index < -0.39 is 0 Å². The van der Waals surface area contributed by atoms with E-state index in [-0.39, 0.29) is 5.78 Å².